The third kappa shape index (κ3) is 3.54. The Bertz CT molecular complexity index is 863. The Morgan fingerprint density at radius 1 is 0.958 bits per heavy atom. The second-order valence-corrected chi connectivity index (χ2v) is 5.82. The lowest BCUT2D eigenvalue weighted by Crippen LogP contribution is -2.19. The summed E-state index contributed by atoms with van der Waals surface area (Å²) in [5.41, 5.74) is 1.56. The molecule has 0 fully saturated rings. The van der Waals surface area contributed by atoms with Gasteiger partial charge in [-0.15, -0.1) is 0 Å². The van der Waals surface area contributed by atoms with Crippen LogP contribution in [0.3, 0.4) is 0 Å². The van der Waals surface area contributed by atoms with Crippen LogP contribution in [0.15, 0.2) is 54.6 Å². The number of ether oxygens (including phenoxy) is 1. The van der Waals surface area contributed by atoms with Gasteiger partial charge in [-0.25, -0.2) is 8.78 Å². The van der Waals surface area contributed by atoms with Gasteiger partial charge in [0, 0.05) is 24.2 Å². The molecule has 0 heterocycles. The van der Waals surface area contributed by atoms with Crippen molar-refractivity contribution >= 4 is 10.8 Å². The second-order valence-electron chi connectivity index (χ2n) is 5.82. The van der Waals surface area contributed by atoms with Crippen LogP contribution in [-0.4, -0.2) is 7.11 Å². The molecule has 0 aromatic heterocycles. The monoisotopic (exact) mass is 327 g/mol. The number of methoxy groups -OCH3 is 1. The maximum Gasteiger partial charge on any atom is 0.130 e. The first-order chi connectivity index (χ1) is 11.6. The van der Waals surface area contributed by atoms with Crippen LogP contribution >= 0.6 is 0 Å². The summed E-state index contributed by atoms with van der Waals surface area (Å²) < 4.78 is 32.0. The molecule has 0 saturated heterocycles. The fourth-order valence-corrected chi connectivity index (χ4v) is 2.74. The molecule has 0 amide bonds. The van der Waals surface area contributed by atoms with E-state index in [0.29, 0.717) is 12.1 Å². The van der Waals surface area contributed by atoms with Gasteiger partial charge in [0.1, 0.15) is 17.4 Å². The number of nitrogens with one attached hydrogen (secondary N) is 1. The topological polar surface area (TPSA) is 21.3 Å². The molecule has 0 aliphatic carbocycles. The van der Waals surface area contributed by atoms with Crippen molar-refractivity contribution in [1.82, 2.24) is 5.32 Å². The molecule has 3 aromatic rings. The minimum atomic E-state index is -0.562. The van der Waals surface area contributed by atoms with E-state index in [9.17, 15) is 8.78 Å². The van der Waals surface area contributed by atoms with E-state index in [1.54, 1.807) is 7.11 Å². The Labute approximate surface area is 140 Å². The third-order valence-electron chi connectivity index (χ3n) is 4.15. The van der Waals surface area contributed by atoms with Crippen molar-refractivity contribution in [3.05, 3.63) is 77.4 Å². The standard InChI is InChI=1S/C20H19F2NO/c1-13(19-8-6-17(21)11-20(19)22)23-12-14-3-4-16-10-18(24-2)7-5-15(16)9-14/h3-11,13,23H,12H2,1-2H3. The van der Waals surface area contributed by atoms with Crippen LogP contribution in [-0.2, 0) is 6.54 Å². The average molecular weight is 327 g/mol. The first kappa shape index (κ1) is 16.4. The lowest BCUT2D eigenvalue weighted by Gasteiger charge is -2.15. The number of hydrogen-bond donors (Lipinski definition) is 1. The maximum atomic E-state index is 13.8. The van der Waals surface area contributed by atoms with Gasteiger partial charge in [0.25, 0.3) is 0 Å². The number of hydrogen-bond acceptors (Lipinski definition) is 2. The highest BCUT2D eigenvalue weighted by atomic mass is 19.1. The highest BCUT2D eigenvalue weighted by molar-refractivity contribution is 5.84. The van der Waals surface area contributed by atoms with Crippen molar-refractivity contribution in [2.75, 3.05) is 7.11 Å². The van der Waals surface area contributed by atoms with E-state index in [1.165, 1.54) is 12.1 Å². The minimum Gasteiger partial charge on any atom is -0.497 e. The highest BCUT2D eigenvalue weighted by Gasteiger charge is 2.11. The largest absolute Gasteiger partial charge is 0.497 e. The lowest BCUT2D eigenvalue weighted by molar-refractivity contribution is 0.415. The molecule has 124 valence electrons. The molecule has 1 unspecified atom stereocenters. The van der Waals surface area contributed by atoms with E-state index >= 15 is 0 Å². The van der Waals surface area contributed by atoms with E-state index in [4.69, 9.17) is 4.74 Å². The summed E-state index contributed by atoms with van der Waals surface area (Å²) >= 11 is 0. The van der Waals surface area contributed by atoms with Crippen LogP contribution in [0, 0.1) is 11.6 Å². The van der Waals surface area contributed by atoms with Gasteiger partial charge in [0.2, 0.25) is 0 Å². The van der Waals surface area contributed by atoms with Crippen LogP contribution in [0.1, 0.15) is 24.1 Å². The molecular weight excluding hydrogens is 308 g/mol. The van der Waals surface area contributed by atoms with Crippen LogP contribution in [0.2, 0.25) is 0 Å². The Hall–Kier alpha value is -2.46. The van der Waals surface area contributed by atoms with Crippen LogP contribution in [0.4, 0.5) is 8.78 Å². The van der Waals surface area contributed by atoms with Crippen molar-refractivity contribution in [3.8, 4) is 5.75 Å². The van der Waals surface area contributed by atoms with Crippen LogP contribution in [0.25, 0.3) is 10.8 Å². The average Bonchev–Trinajstić information content (AvgIpc) is 2.59. The quantitative estimate of drug-likeness (QED) is 0.714. The molecular formula is C20H19F2NO. The summed E-state index contributed by atoms with van der Waals surface area (Å²) in [5, 5.41) is 5.50. The zero-order valence-electron chi connectivity index (χ0n) is 13.6. The Morgan fingerprint density at radius 3 is 2.46 bits per heavy atom. The third-order valence-corrected chi connectivity index (χ3v) is 4.15. The normalized spacial score (nSPS) is 12.3. The van der Waals surface area contributed by atoms with Crippen LogP contribution < -0.4 is 10.1 Å². The van der Waals surface area contributed by atoms with Crippen molar-refractivity contribution in [3.63, 3.8) is 0 Å². The Kier molecular flexibility index (Phi) is 4.76. The molecule has 2 nitrogen and oxygen atoms in total. The molecule has 0 spiro atoms. The number of rotatable bonds is 5. The van der Waals surface area contributed by atoms with Gasteiger partial charge < -0.3 is 10.1 Å². The molecule has 0 aliphatic rings. The molecule has 0 radical (unpaired) electrons. The van der Waals surface area contributed by atoms with Crippen molar-refractivity contribution in [2.24, 2.45) is 0 Å². The Balaban J connectivity index is 1.73. The van der Waals surface area contributed by atoms with E-state index in [-0.39, 0.29) is 6.04 Å². The number of halogens is 2. The van der Waals surface area contributed by atoms with E-state index in [0.717, 1.165) is 28.2 Å². The van der Waals surface area contributed by atoms with E-state index < -0.39 is 11.6 Å². The van der Waals surface area contributed by atoms with Crippen molar-refractivity contribution in [2.45, 2.75) is 19.5 Å². The minimum absolute atomic E-state index is 0.211. The van der Waals surface area contributed by atoms with E-state index in [1.807, 2.05) is 37.3 Å². The van der Waals surface area contributed by atoms with E-state index in [2.05, 4.69) is 11.4 Å². The fourth-order valence-electron chi connectivity index (χ4n) is 2.74. The van der Waals surface area contributed by atoms with Gasteiger partial charge in [-0.2, -0.15) is 0 Å². The number of benzene rings is 3. The predicted molar refractivity (Wildman–Crippen MR) is 92.1 cm³/mol. The fraction of sp³-hybridized carbons (Fsp3) is 0.200. The molecule has 3 rings (SSSR count). The lowest BCUT2D eigenvalue weighted by atomic mass is 10.0. The summed E-state index contributed by atoms with van der Waals surface area (Å²) in [6, 6.07) is 15.6. The van der Waals surface area contributed by atoms with Gasteiger partial charge in [-0.05, 0) is 47.5 Å². The van der Waals surface area contributed by atoms with Crippen molar-refractivity contribution < 1.29 is 13.5 Å². The summed E-state index contributed by atoms with van der Waals surface area (Å²) in [7, 11) is 1.65. The summed E-state index contributed by atoms with van der Waals surface area (Å²) in [5.74, 6) is -0.261. The molecule has 1 N–H and O–H groups in total. The highest BCUT2D eigenvalue weighted by Crippen LogP contribution is 2.23. The SMILES string of the molecule is COc1ccc2cc(CNC(C)c3ccc(F)cc3F)ccc2c1. The van der Waals surface area contributed by atoms with Gasteiger partial charge in [-0.3, -0.25) is 0 Å². The number of fused-ring (bicyclic) bond motifs is 1. The first-order valence-corrected chi connectivity index (χ1v) is 7.82. The van der Waals surface area contributed by atoms with Crippen molar-refractivity contribution in [1.29, 1.82) is 0 Å². The molecule has 4 heteroatoms. The molecule has 0 bridgehead atoms. The second kappa shape index (κ2) is 6.97. The summed E-state index contributed by atoms with van der Waals surface area (Å²) in [6.07, 6.45) is 0. The molecule has 0 aliphatic heterocycles. The molecule has 1 atom stereocenters. The first-order valence-electron chi connectivity index (χ1n) is 7.82. The smallest absolute Gasteiger partial charge is 0.130 e. The zero-order valence-corrected chi connectivity index (χ0v) is 13.6. The van der Waals surface area contributed by atoms with Gasteiger partial charge in [-0.1, -0.05) is 24.3 Å². The van der Waals surface area contributed by atoms with Gasteiger partial charge >= 0.3 is 0 Å². The molecule has 3 aromatic carbocycles. The van der Waals surface area contributed by atoms with Crippen LogP contribution in [0.5, 0.6) is 5.75 Å². The molecule has 0 saturated carbocycles. The zero-order chi connectivity index (χ0) is 17.1. The van der Waals surface area contributed by atoms with Gasteiger partial charge in [0.15, 0.2) is 0 Å². The van der Waals surface area contributed by atoms with Gasteiger partial charge in [0.05, 0.1) is 7.11 Å². The molecule has 24 heavy (non-hydrogen) atoms. The Morgan fingerprint density at radius 2 is 1.71 bits per heavy atom. The summed E-state index contributed by atoms with van der Waals surface area (Å²) in [4.78, 5) is 0. The predicted octanol–water partition coefficient (Wildman–Crippen LogP) is 4.98. The summed E-state index contributed by atoms with van der Waals surface area (Å²) in [6.45, 7) is 2.46. The maximum absolute atomic E-state index is 13.8.